The van der Waals surface area contributed by atoms with Crippen LogP contribution >= 0.6 is 0 Å². The third kappa shape index (κ3) is 5.09. The Morgan fingerprint density at radius 3 is 2.50 bits per heavy atom. The SMILES string of the molecule is CCCCN(C(=O)COC(C)=O)c1c(N)n(Cc2ccccc2)c(=O)[nH]c1=O. The number of rotatable bonds is 8. The van der Waals surface area contributed by atoms with E-state index in [9.17, 15) is 19.2 Å². The smallest absolute Gasteiger partial charge is 0.330 e. The number of ether oxygens (including phenoxy) is 1. The number of carbonyl (C=O) groups excluding carboxylic acids is 2. The van der Waals surface area contributed by atoms with Crippen LogP contribution in [0, 0.1) is 0 Å². The van der Waals surface area contributed by atoms with Gasteiger partial charge in [-0.3, -0.25) is 23.9 Å². The average molecular weight is 388 g/mol. The Hall–Kier alpha value is -3.36. The van der Waals surface area contributed by atoms with Gasteiger partial charge < -0.3 is 15.4 Å². The minimum Gasteiger partial charge on any atom is -0.456 e. The molecule has 1 aromatic heterocycles. The first kappa shape index (κ1) is 20.9. The largest absolute Gasteiger partial charge is 0.456 e. The molecular weight excluding hydrogens is 364 g/mol. The second-order valence-corrected chi connectivity index (χ2v) is 6.24. The summed E-state index contributed by atoms with van der Waals surface area (Å²) in [5, 5.41) is 0. The zero-order valence-electron chi connectivity index (χ0n) is 15.9. The summed E-state index contributed by atoms with van der Waals surface area (Å²) in [5.41, 5.74) is 5.39. The van der Waals surface area contributed by atoms with Crippen LogP contribution in [-0.4, -0.2) is 34.6 Å². The zero-order valence-corrected chi connectivity index (χ0v) is 15.9. The highest BCUT2D eigenvalue weighted by Gasteiger charge is 2.24. The molecule has 0 aliphatic rings. The second-order valence-electron chi connectivity index (χ2n) is 6.24. The minimum atomic E-state index is -0.765. The summed E-state index contributed by atoms with van der Waals surface area (Å²) in [6, 6.07) is 9.11. The van der Waals surface area contributed by atoms with E-state index in [1.807, 2.05) is 37.3 Å². The summed E-state index contributed by atoms with van der Waals surface area (Å²) in [4.78, 5) is 51.7. The number of anilines is 2. The van der Waals surface area contributed by atoms with E-state index in [0.717, 1.165) is 12.0 Å². The number of hydrogen-bond acceptors (Lipinski definition) is 6. The van der Waals surface area contributed by atoms with E-state index in [1.54, 1.807) is 0 Å². The lowest BCUT2D eigenvalue weighted by Crippen LogP contribution is -2.43. The van der Waals surface area contributed by atoms with Crippen LogP contribution in [0.5, 0.6) is 0 Å². The Labute approximate surface area is 161 Å². The van der Waals surface area contributed by atoms with Crippen molar-refractivity contribution in [2.24, 2.45) is 0 Å². The number of nitrogens with zero attached hydrogens (tertiary/aromatic N) is 2. The molecule has 2 rings (SSSR count). The molecule has 0 saturated carbocycles. The van der Waals surface area contributed by atoms with Crippen LogP contribution in [0.15, 0.2) is 39.9 Å². The molecule has 0 aliphatic carbocycles. The van der Waals surface area contributed by atoms with Gasteiger partial charge in [0.2, 0.25) is 0 Å². The molecule has 150 valence electrons. The number of carbonyl (C=O) groups is 2. The van der Waals surface area contributed by atoms with E-state index in [0.29, 0.717) is 6.42 Å². The number of nitrogen functional groups attached to an aromatic ring is 1. The number of aromatic amines is 1. The van der Waals surface area contributed by atoms with Crippen molar-refractivity contribution < 1.29 is 14.3 Å². The molecule has 9 nitrogen and oxygen atoms in total. The summed E-state index contributed by atoms with van der Waals surface area (Å²) < 4.78 is 5.96. The number of amides is 1. The number of H-pyrrole nitrogens is 1. The Balaban J connectivity index is 2.48. The monoisotopic (exact) mass is 388 g/mol. The van der Waals surface area contributed by atoms with Gasteiger partial charge in [-0.05, 0) is 12.0 Å². The lowest BCUT2D eigenvalue weighted by atomic mass is 10.2. The number of nitrogens with two attached hydrogens (primary N) is 1. The van der Waals surface area contributed by atoms with Crippen molar-refractivity contribution in [3.63, 3.8) is 0 Å². The number of aromatic nitrogens is 2. The third-order valence-electron chi connectivity index (χ3n) is 4.10. The summed E-state index contributed by atoms with van der Waals surface area (Å²) in [7, 11) is 0. The van der Waals surface area contributed by atoms with Crippen molar-refractivity contribution in [2.75, 3.05) is 23.8 Å². The predicted molar refractivity (Wildman–Crippen MR) is 105 cm³/mol. The van der Waals surface area contributed by atoms with Gasteiger partial charge in [-0.2, -0.15) is 0 Å². The maximum atomic E-state index is 12.6. The molecule has 1 aromatic carbocycles. The number of nitrogens with one attached hydrogen (secondary N) is 1. The molecular formula is C19H24N4O5. The molecule has 3 N–H and O–H groups in total. The van der Waals surface area contributed by atoms with Gasteiger partial charge in [0, 0.05) is 13.5 Å². The van der Waals surface area contributed by atoms with E-state index >= 15 is 0 Å². The molecule has 1 amide bonds. The highest BCUT2D eigenvalue weighted by Crippen LogP contribution is 2.19. The van der Waals surface area contributed by atoms with Crippen LogP contribution in [-0.2, 0) is 20.9 Å². The summed E-state index contributed by atoms with van der Waals surface area (Å²) in [5.74, 6) is -1.32. The van der Waals surface area contributed by atoms with Crippen molar-refractivity contribution in [3.8, 4) is 0 Å². The fourth-order valence-electron chi connectivity index (χ4n) is 2.68. The summed E-state index contributed by atoms with van der Waals surface area (Å²) >= 11 is 0. The Bertz CT molecular complexity index is 949. The molecule has 0 atom stereocenters. The fourth-order valence-corrected chi connectivity index (χ4v) is 2.68. The molecule has 28 heavy (non-hydrogen) atoms. The number of esters is 1. The Morgan fingerprint density at radius 1 is 1.21 bits per heavy atom. The number of benzene rings is 1. The molecule has 0 spiro atoms. The fraction of sp³-hybridized carbons (Fsp3) is 0.368. The maximum absolute atomic E-state index is 12.6. The van der Waals surface area contributed by atoms with Crippen molar-refractivity contribution in [1.29, 1.82) is 0 Å². The minimum absolute atomic E-state index is 0.120. The van der Waals surface area contributed by atoms with Crippen molar-refractivity contribution in [1.82, 2.24) is 9.55 Å². The first-order chi connectivity index (χ1) is 13.3. The lowest BCUT2D eigenvalue weighted by molar-refractivity contribution is -0.145. The zero-order chi connectivity index (χ0) is 20.7. The van der Waals surface area contributed by atoms with Gasteiger partial charge in [0.05, 0.1) is 6.54 Å². The van der Waals surface area contributed by atoms with E-state index < -0.39 is 29.7 Å². The normalized spacial score (nSPS) is 10.5. The van der Waals surface area contributed by atoms with E-state index in [1.165, 1.54) is 16.4 Å². The van der Waals surface area contributed by atoms with Gasteiger partial charge >= 0.3 is 11.7 Å². The lowest BCUT2D eigenvalue weighted by Gasteiger charge is -2.24. The second kappa shape index (κ2) is 9.54. The van der Waals surface area contributed by atoms with E-state index in [-0.39, 0.29) is 24.6 Å². The van der Waals surface area contributed by atoms with Crippen LogP contribution in [0.1, 0.15) is 32.3 Å². The van der Waals surface area contributed by atoms with Crippen LogP contribution < -0.4 is 21.9 Å². The third-order valence-corrected chi connectivity index (χ3v) is 4.10. The Kier molecular flexibility index (Phi) is 7.14. The standard InChI is InChI=1S/C19H24N4O5/c1-3-4-10-22(15(25)12-28-13(2)24)16-17(20)23(19(27)21-18(16)26)11-14-8-6-5-7-9-14/h5-9H,3-4,10-12,20H2,1-2H3,(H,21,26,27). The van der Waals surface area contributed by atoms with Crippen LogP contribution in [0.2, 0.25) is 0 Å². The summed E-state index contributed by atoms with van der Waals surface area (Å²) in [6.45, 7) is 2.93. The molecule has 2 aromatic rings. The van der Waals surface area contributed by atoms with Gasteiger partial charge in [-0.1, -0.05) is 43.7 Å². The number of hydrogen-bond donors (Lipinski definition) is 2. The van der Waals surface area contributed by atoms with E-state index in [4.69, 9.17) is 10.5 Å². The first-order valence-electron chi connectivity index (χ1n) is 8.95. The highest BCUT2D eigenvalue weighted by molar-refractivity contribution is 5.97. The molecule has 1 heterocycles. The quantitative estimate of drug-likeness (QED) is 0.646. The van der Waals surface area contributed by atoms with Crippen molar-refractivity contribution in [3.05, 3.63) is 56.7 Å². The highest BCUT2D eigenvalue weighted by atomic mass is 16.5. The van der Waals surface area contributed by atoms with Gasteiger partial charge in [-0.25, -0.2) is 4.79 Å². The van der Waals surface area contributed by atoms with Crippen molar-refractivity contribution in [2.45, 2.75) is 33.2 Å². The average Bonchev–Trinajstić information content (AvgIpc) is 2.66. The molecule has 0 bridgehead atoms. The molecule has 0 saturated heterocycles. The molecule has 0 fully saturated rings. The topological polar surface area (TPSA) is 127 Å². The summed E-state index contributed by atoms with van der Waals surface area (Å²) in [6.07, 6.45) is 1.36. The van der Waals surface area contributed by atoms with Crippen LogP contribution in [0.4, 0.5) is 11.5 Å². The molecule has 0 aliphatic heterocycles. The molecule has 0 radical (unpaired) electrons. The van der Waals surface area contributed by atoms with Gasteiger partial charge in [0.15, 0.2) is 12.3 Å². The van der Waals surface area contributed by atoms with Gasteiger partial charge in [0.1, 0.15) is 5.82 Å². The predicted octanol–water partition coefficient (Wildman–Crippen LogP) is 0.863. The Morgan fingerprint density at radius 2 is 1.89 bits per heavy atom. The molecule has 0 unspecified atom stereocenters. The first-order valence-corrected chi connectivity index (χ1v) is 8.95. The van der Waals surface area contributed by atoms with Crippen molar-refractivity contribution >= 4 is 23.4 Å². The van der Waals surface area contributed by atoms with Gasteiger partial charge in [0.25, 0.3) is 11.5 Å². The molecule has 9 heteroatoms. The van der Waals surface area contributed by atoms with Crippen LogP contribution in [0.3, 0.4) is 0 Å². The van der Waals surface area contributed by atoms with Crippen LogP contribution in [0.25, 0.3) is 0 Å². The van der Waals surface area contributed by atoms with E-state index in [2.05, 4.69) is 4.98 Å². The maximum Gasteiger partial charge on any atom is 0.330 e. The van der Waals surface area contributed by atoms with Gasteiger partial charge in [-0.15, -0.1) is 0 Å². The number of unbranched alkanes of at least 4 members (excludes halogenated alkanes) is 1.